The number of hydrogen-bond acceptors (Lipinski definition) is 4. The smallest absolute Gasteiger partial charge is 0.250 e. The summed E-state index contributed by atoms with van der Waals surface area (Å²) in [5, 5.41) is 11.6. The molecule has 5 nitrogen and oxygen atoms in total. The number of rotatable bonds is 10. The Balaban J connectivity index is 1.34. The monoisotopic (exact) mass is 573 g/mol. The molecule has 224 valence electrons. The molecule has 0 bridgehead atoms. The van der Waals surface area contributed by atoms with E-state index in [9.17, 15) is 19.1 Å². The van der Waals surface area contributed by atoms with Gasteiger partial charge in [0.25, 0.3) is 5.56 Å². The van der Waals surface area contributed by atoms with Crippen LogP contribution in [0.5, 0.6) is 5.75 Å². The molecule has 0 unspecified atom stereocenters. The SMILES string of the molecule is CC(C)(C)Cn1cc(C(=O)C[C@@H](Cc2ccccc2)[C@H](O)CC[C@H]2CC3(CCCC3)Oc3ccc(F)cc32)ccc1=O. The molecule has 2 aliphatic rings. The Morgan fingerprint density at radius 1 is 1.10 bits per heavy atom. The van der Waals surface area contributed by atoms with Crippen LogP contribution in [0.1, 0.15) is 99.5 Å². The van der Waals surface area contributed by atoms with Gasteiger partial charge < -0.3 is 14.4 Å². The highest BCUT2D eigenvalue weighted by Gasteiger charge is 2.43. The molecule has 1 aromatic heterocycles. The summed E-state index contributed by atoms with van der Waals surface area (Å²) < 4.78 is 22.3. The summed E-state index contributed by atoms with van der Waals surface area (Å²) in [7, 11) is 0. The number of aromatic nitrogens is 1. The van der Waals surface area contributed by atoms with Crippen molar-refractivity contribution in [2.45, 2.75) is 103 Å². The van der Waals surface area contributed by atoms with Gasteiger partial charge in [-0.15, -0.1) is 0 Å². The number of aliphatic hydroxyl groups is 1. The zero-order valence-electron chi connectivity index (χ0n) is 25.2. The third kappa shape index (κ3) is 7.38. The highest BCUT2D eigenvalue weighted by atomic mass is 19.1. The number of fused-ring (bicyclic) bond motifs is 1. The van der Waals surface area contributed by atoms with Gasteiger partial charge in [-0.1, -0.05) is 51.1 Å². The third-order valence-corrected chi connectivity index (χ3v) is 8.96. The summed E-state index contributed by atoms with van der Waals surface area (Å²) in [6, 6.07) is 17.8. The van der Waals surface area contributed by atoms with E-state index in [1.165, 1.54) is 12.1 Å². The number of carbonyl (C=O) groups is 1. The summed E-state index contributed by atoms with van der Waals surface area (Å²) in [5.41, 5.74) is 2.00. The first-order chi connectivity index (χ1) is 20.0. The number of aliphatic hydroxyl groups excluding tert-OH is 1. The van der Waals surface area contributed by atoms with Crippen molar-refractivity contribution in [2.24, 2.45) is 11.3 Å². The predicted molar refractivity (Wildman–Crippen MR) is 164 cm³/mol. The van der Waals surface area contributed by atoms with E-state index >= 15 is 0 Å². The fraction of sp³-hybridized carbons (Fsp3) is 0.500. The Morgan fingerprint density at radius 3 is 2.55 bits per heavy atom. The second kappa shape index (κ2) is 12.5. The van der Waals surface area contributed by atoms with Crippen LogP contribution in [0, 0.1) is 17.2 Å². The van der Waals surface area contributed by atoms with Gasteiger partial charge in [-0.05, 0) is 98.4 Å². The van der Waals surface area contributed by atoms with Crippen molar-refractivity contribution >= 4 is 5.78 Å². The molecule has 5 rings (SSSR count). The number of ether oxygens (including phenoxy) is 1. The molecule has 42 heavy (non-hydrogen) atoms. The van der Waals surface area contributed by atoms with Crippen molar-refractivity contribution in [3.8, 4) is 5.75 Å². The highest BCUT2D eigenvalue weighted by molar-refractivity contribution is 5.95. The zero-order chi connectivity index (χ0) is 29.9. The fourth-order valence-electron chi connectivity index (χ4n) is 6.90. The van der Waals surface area contributed by atoms with Crippen LogP contribution in [0.3, 0.4) is 0 Å². The van der Waals surface area contributed by atoms with Crippen LogP contribution in [0.4, 0.5) is 4.39 Å². The number of hydrogen-bond donors (Lipinski definition) is 1. The van der Waals surface area contributed by atoms with Crippen molar-refractivity contribution in [1.82, 2.24) is 4.57 Å². The molecular weight excluding hydrogens is 529 g/mol. The molecule has 3 aromatic rings. The van der Waals surface area contributed by atoms with Gasteiger partial charge in [-0.3, -0.25) is 9.59 Å². The van der Waals surface area contributed by atoms with E-state index in [-0.39, 0.29) is 46.4 Å². The number of Topliss-reactive ketones (excluding diaryl/α,β-unsaturated/α-hetero) is 1. The minimum Gasteiger partial charge on any atom is -0.487 e. The van der Waals surface area contributed by atoms with E-state index in [1.807, 2.05) is 30.3 Å². The molecule has 1 aliphatic heterocycles. The van der Waals surface area contributed by atoms with E-state index in [0.29, 0.717) is 31.4 Å². The quantitative estimate of drug-likeness (QED) is 0.255. The van der Waals surface area contributed by atoms with Gasteiger partial charge in [0.15, 0.2) is 5.78 Å². The number of halogens is 1. The number of pyridine rings is 1. The minimum absolute atomic E-state index is 0.0824. The van der Waals surface area contributed by atoms with E-state index < -0.39 is 6.10 Å². The van der Waals surface area contributed by atoms with Crippen LogP contribution >= 0.6 is 0 Å². The first-order valence-electron chi connectivity index (χ1n) is 15.4. The normalized spacial score (nSPS) is 19.2. The van der Waals surface area contributed by atoms with E-state index in [0.717, 1.165) is 49.0 Å². The average Bonchev–Trinajstić information content (AvgIpc) is 3.39. The van der Waals surface area contributed by atoms with Crippen molar-refractivity contribution in [3.05, 3.63) is 99.7 Å². The van der Waals surface area contributed by atoms with Gasteiger partial charge >= 0.3 is 0 Å². The molecule has 1 spiro atoms. The summed E-state index contributed by atoms with van der Waals surface area (Å²) in [6.07, 6.45) is 8.00. The summed E-state index contributed by atoms with van der Waals surface area (Å²) in [5.74, 6) is 0.207. The molecule has 0 amide bonds. The Kier molecular flexibility index (Phi) is 9.03. The van der Waals surface area contributed by atoms with Crippen molar-refractivity contribution in [1.29, 1.82) is 0 Å². The maximum absolute atomic E-state index is 14.3. The van der Waals surface area contributed by atoms with E-state index in [4.69, 9.17) is 4.74 Å². The zero-order valence-corrected chi connectivity index (χ0v) is 25.2. The first-order valence-corrected chi connectivity index (χ1v) is 15.4. The summed E-state index contributed by atoms with van der Waals surface area (Å²) in [4.78, 5) is 26.0. The second-order valence-corrected chi connectivity index (χ2v) is 13.7. The molecule has 2 aromatic carbocycles. The lowest BCUT2D eigenvalue weighted by atomic mass is 9.77. The van der Waals surface area contributed by atoms with Crippen LogP contribution in [0.15, 0.2) is 71.7 Å². The molecule has 1 fully saturated rings. The van der Waals surface area contributed by atoms with Gasteiger partial charge in [0.1, 0.15) is 17.2 Å². The van der Waals surface area contributed by atoms with Gasteiger partial charge in [0, 0.05) is 36.4 Å². The summed E-state index contributed by atoms with van der Waals surface area (Å²) >= 11 is 0. The molecule has 1 saturated carbocycles. The Morgan fingerprint density at radius 2 is 1.83 bits per heavy atom. The molecule has 6 heteroatoms. The molecule has 0 saturated heterocycles. The first kappa shape index (κ1) is 30.2. The molecule has 2 heterocycles. The van der Waals surface area contributed by atoms with E-state index in [1.54, 1.807) is 29.0 Å². The van der Waals surface area contributed by atoms with Crippen molar-refractivity contribution in [3.63, 3.8) is 0 Å². The predicted octanol–water partition coefficient (Wildman–Crippen LogP) is 7.49. The molecular formula is C36H44FNO4. The average molecular weight is 574 g/mol. The van der Waals surface area contributed by atoms with Gasteiger partial charge in [-0.2, -0.15) is 0 Å². The molecule has 1 aliphatic carbocycles. The Bertz CT molecular complexity index is 1430. The van der Waals surface area contributed by atoms with Crippen LogP contribution < -0.4 is 10.3 Å². The lowest BCUT2D eigenvalue weighted by Crippen LogP contribution is -2.38. The standard InChI is InChI=1S/C36H44FNO4/c1-35(2,3)24-38-23-27(12-16-34(38)41)32(40)20-28(19-25-9-5-4-6-10-25)31(39)14-11-26-22-36(17-7-8-18-36)42-33-15-13-29(37)21-30(26)33/h4-6,9-10,12-13,15-16,21,23,26,28,31,39H,7-8,11,14,17-20,22,24H2,1-3H3/t26-,28+,31+/m0/s1. The van der Waals surface area contributed by atoms with Gasteiger partial charge in [0.2, 0.25) is 0 Å². The fourth-order valence-corrected chi connectivity index (χ4v) is 6.90. The van der Waals surface area contributed by atoms with Crippen molar-refractivity contribution in [2.75, 3.05) is 0 Å². The third-order valence-electron chi connectivity index (χ3n) is 8.96. The molecule has 3 atom stereocenters. The number of nitrogens with zero attached hydrogens (tertiary/aromatic N) is 1. The lowest BCUT2D eigenvalue weighted by Gasteiger charge is -2.40. The Hall–Kier alpha value is -3.25. The maximum atomic E-state index is 14.3. The molecule has 0 radical (unpaired) electrons. The van der Waals surface area contributed by atoms with Gasteiger partial charge in [0.05, 0.1) is 6.10 Å². The number of carbonyl (C=O) groups excluding carboxylic acids is 1. The molecule has 1 N–H and O–H groups in total. The minimum atomic E-state index is -0.714. The van der Waals surface area contributed by atoms with Crippen LogP contribution in [-0.2, 0) is 13.0 Å². The number of ketones is 1. The largest absolute Gasteiger partial charge is 0.487 e. The lowest BCUT2D eigenvalue weighted by molar-refractivity contribution is 0.0342. The van der Waals surface area contributed by atoms with Crippen LogP contribution in [0.2, 0.25) is 0 Å². The second-order valence-electron chi connectivity index (χ2n) is 13.7. The van der Waals surface area contributed by atoms with Crippen LogP contribution in [0.25, 0.3) is 0 Å². The van der Waals surface area contributed by atoms with Crippen LogP contribution in [-0.4, -0.2) is 27.2 Å². The maximum Gasteiger partial charge on any atom is 0.250 e. The topological polar surface area (TPSA) is 68.5 Å². The van der Waals surface area contributed by atoms with Gasteiger partial charge in [-0.25, -0.2) is 4.39 Å². The highest BCUT2D eigenvalue weighted by Crippen LogP contribution is 2.49. The van der Waals surface area contributed by atoms with Crippen molar-refractivity contribution < 1.29 is 19.0 Å². The van der Waals surface area contributed by atoms with E-state index in [2.05, 4.69) is 20.8 Å². The number of benzene rings is 2. The Labute approximate surface area is 248 Å². The summed E-state index contributed by atoms with van der Waals surface area (Å²) in [6.45, 7) is 6.68.